The Bertz CT molecular complexity index is 2960. The Hall–Kier alpha value is -7.03. The molecule has 0 spiro atoms. The number of imidazole rings is 1. The Labute approximate surface area is 321 Å². The molecule has 260 valence electrons. The van der Waals surface area contributed by atoms with Gasteiger partial charge in [0.15, 0.2) is 0 Å². The Morgan fingerprint density at radius 1 is 0.364 bits per heavy atom. The van der Waals surface area contributed by atoms with Gasteiger partial charge in [0.1, 0.15) is 5.82 Å². The average Bonchev–Trinajstić information content (AvgIpc) is 3.65. The van der Waals surface area contributed by atoms with Gasteiger partial charge >= 0.3 is 0 Å². The first-order valence-electron chi connectivity index (χ1n) is 19.1. The van der Waals surface area contributed by atoms with Crippen LogP contribution >= 0.6 is 0 Å². The Kier molecular flexibility index (Phi) is 8.15. The summed E-state index contributed by atoms with van der Waals surface area (Å²) in [6, 6.07) is 72.7. The number of aromatic nitrogens is 2. The van der Waals surface area contributed by atoms with Gasteiger partial charge < -0.3 is 0 Å². The van der Waals surface area contributed by atoms with E-state index in [0.717, 1.165) is 29.0 Å². The van der Waals surface area contributed by atoms with Crippen LogP contribution in [-0.4, -0.2) is 9.55 Å². The molecule has 0 aliphatic heterocycles. The molecule has 2 heteroatoms. The zero-order valence-electron chi connectivity index (χ0n) is 30.7. The number of para-hydroxylation sites is 2. The molecule has 0 N–H and O–H groups in total. The summed E-state index contributed by atoms with van der Waals surface area (Å²) in [4.78, 5) is 4.96. The maximum Gasteiger partial charge on any atom is 0.114 e. The van der Waals surface area contributed by atoms with E-state index in [4.69, 9.17) is 4.98 Å². The van der Waals surface area contributed by atoms with Crippen LogP contribution in [0.5, 0.6) is 0 Å². The van der Waals surface area contributed by atoms with Crippen molar-refractivity contribution in [1.82, 2.24) is 9.55 Å². The van der Waals surface area contributed by atoms with Crippen molar-refractivity contribution in [3.8, 4) is 61.3 Å². The minimum atomic E-state index is 0.856. The van der Waals surface area contributed by atoms with Crippen LogP contribution in [0.15, 0.2) is 200 Å². The van der Waals surface area contributed by atoms with Crippen molar-refractivity contribution < 1.29 is 0 Å². The molecule has 0 saturated carbocycles. The molecule has 0 saturated heterocycles. The molecule has 1 heterocycles. The second kappa shape index (κ2) is 13.7. The molecule has 1 aromatic heterocycles. The van der Waals surface area contributed by atoms with E-state index in [0.29, 0.717) is 0 Å². The van der Waals surface area contributed by atoms with Crippen molar-refractivity contribution >= 4 is 32.6 Å². The summed E-state index contributed by atoms with van der Waals surface area (Å²) >= 11 is 0. The summed E-state index contributed by atoms with van der Waals surface area (Å²) in [6.07, 6.45) is 0.856. The molecule has 55 heavy (non-hydrogen) atoms. The summed E-state index contributed by atoms with van der Waals surface area (Å²) in [6.45, 7) is 2.17. The third-order valence-electron chi connectivity index (χ3n) is 11.0. The van der Waals surface area contributed by atoms with E-state index in [-0.39, 0.29) is 0 Å². The van der Waals surface area contributed by atoms with Gasteiger partial charge in [-0.15, -0.1) is 0 Å². The zero-order chi connectivity index (χ0) is 36.7. The fraction of sp³-hybridized carbons (Fsp3) is 0.0377. The molecule has 10 rings (SSSR count). The van der Waals surface area contributed by atoms with Gasteiger partial charge in [-0.1, -0.05) is 177 Å². The highest BCUT2D eigenvalue weighted by atomic mass is 15.1. The normalized spacial score (nSPS) is 11.4. The van der Waals surface area contributed by atoms with Crippen LogP contribution in [0.25, 0.3) is 93.9 Å². The zero-order valence-corrected chi connectivity index (χ0v) is 30.7. The van der Waals surface area contributed by atoms with Gasteiger partial charge in [0.05, 0.1) is 11.0 Å². The fourth-order valence-electron chi connectivity index (χ4n) is 8.30. The summed E-state index contributed by atoms with van der Waals surface area (Å²) in [7, 11) is 0. The number of benzene rings is 9. The Balaban J connectivity index is 1.17. The first-order valence-corrected chi connectivity index (χ1v) is 19.1. The Morgan fingerprint density at radius 2 is 0.782 bits per heavy atom. The molecular formula is C53H38N2. The van der Waals surface area contributed by atoms with Crippen LogP contribution in [0.1, 0.15) is 12.7 Å². The van der Waals surface area contributed by atoms with Gasteiger partial charge in [0.25, 0.3) is 0 Å². The second-order valence-electron chi connectivity index (χ2n) is 14.2. The molecule has 9 aromatic carbocycles. The molecule has 10 aromatic rings. The second-order valence-corrected chi connectivity index (χ2v) is 14.2. The number of hydrogen-bond donors (Lipinski definition) is 0. The van der Waals surface area contributed by atoms with E-state index in [2.05, 4.69) is 212 Å². The van der Waals surface area contributed by atoms with Gasteiger partial charge in [-0.25, -0.2) is 4.98 Å². The molecule has 2 nitrogen and oxygen atoms in total. The van der Waals surface area contributed by atoms with Gasteiger partial charge in [-0.05, 0) is 108 Å². The molecule has 0 amide bonds. The quantitative estimate of drug-likeness (QED) is 0.151. The highest BCUT2D eigenvalue weighted by molar-refractivity contribution is 6.22. The number of rotatable bonds is 7. The molecule has 0 radical (unpaired) electrons. The summed E-state index contributed by atoms with van der Waals surface area (Å²) in [5, 5.41) is 4.96. The average molecular weight is 703 g/mol. The van der Waals surface area contributed by atoms with Crippen LogP contribution < -0.4 is 0 Å². The van der Waals surface area contributed by atoms with Crippen LogP contribution in [0.2, 0.25) is 0 Å². The summed E-state index contributed by atoms with van der Waals surface area (Å²) in [5.74, 6) is 1.07. The van der Waals surface area contributed by atoms with Crippen LogP contribution in [0.3, 0.4) is 0 Å². The SMILES string of the molecule is CCc1nc2ccccc2n1-c1ccc(-c2c3ccccc3c(-c3ccc(-c4ccccc4)cc3)c3ccc(-c4ccc(-c5ccccc5)cc4)cc23)cc1. The minimum absolute atomic E-state index is 0.856. The van der Waals surface area contributed by atoms with E-state index in [1.54, 1.807) is 0 Å². The van der Waals surface area contributed by atoms with E-state index in [1.807, 2.05) is 0 Å². The third kappa shape index (κ3) is 5.80. The van der Waals surface area contributed by atoms with E-state index >= 15 is 0 Å². The van der Waals surface area contributed by atoms with Crippen LogP contribution in [0.4, 0.5) is 0 Å². The number of fused-ring (bicyclic) bond motifs is 3. The molecule has 0 aliphatic rings. The lowest BCUT2D eigenvalue weighted by molar-refractivity contribution is 0.908. The monoisotopic (exact) mass is 702 g/mol. The predicted octanol–water partition coefficient (Wildman–Crippen LogP) is 14.2. The van der Waals surface area contributed by atoms with Gasteiger partial charge in [-0.2, -0.15) is 0 Å². The lowest BCUT2D eigenvalue weighted by atomic mass is 9.84. The summed E-state index contributed by atoms with van der Waals surface area (Å²) in [5.41, 5.74) is 15.5. The molecule has 0 fully saturated rings. The van der Waals surface area contributed by atoms with Crippen molar-refractivity contribution in [2.45, 2.75) is 13.3 Å². The molecule has 0 atom stereocenters. The smallest absolute Gasteiger partial charge is 0.114 e. The number of aryl methyl sites for hydroxylation is 1. The molecule has 0 aliphatic carbocycles. The highest BCUT2D eigenvalue weighted by Crippen LogP contribution is 2.45. The van der Waals surface area contributed by atoms with E-state index in [9.17, 15) is 0 Å². The van der Waals surface area contributed by atoms with Crippen molar-refractivity contribution in [3.63, 3.8) is 0 Å². The number of nitrogens with zero attached hydrogens (tertiary/aromatic N) is 2. The van der Waals surface area contributed by atoms with Gasteiger partial charge in [0.2, 0.25) is 0 Å². The predicted molar refractivity (Wildman–Crippen MR) is 233 cm³/mol. The van der Waals surface area contributed by atoms with E-state index < -0.39 is 0 Å². The van der Waals surface area contributed by atoms with Crippen molar-refractivity contribution in [2.75, 3.05) is 0 Å². The van der Waals surface area contributed by atoms with Gasteiger partial charge in [-0.3, -0.25) is 4.57 Å². The minimum Gasteiger partial charge on any atom is -0.296 e. The van der Waals surface area contributed by atoms with Crippen molar-refractivity contribution in [3.05, 3.63) is 206 Å². The Morgan fingerprint density at radius 3 is 1.36 bits per heavy atom. The van der Waals surface area contributed by atoms with Crippen molar-refractivity contribution in [2.24, 2.45) is 0 Å². The molecular weight excluding hydrogens is 665 g/mol. The first kappa shape index (κ1) is 32.6. The van der Waals surface area contributed by atoms with Crippen molar-refractivity contribution in [1.29, 1.82) is 0 Å². The van der Waals surface area contributed by atoms with Crippen LogP contribution in [-0.2, 0) is 6.42 Å². The maximum absolute atomic E-state index is 4.96. The molecule has 0 unspecified atom stereocenters. The lowest BCUT2D eigenvalue weighted by Crippen LogP contribution is -2.00. The third-order valence-corrected chi connectivity index (χ3v) is 11.0. The first-order chi connectivity index (χ1) is 27.2. The van der Waals surface area contributed by atoms with Gasteiger partial charge in [0, 0.05) is 12.1 Å². The highest BCUT2D eigenvalue weighted by Gasteiger charge is 2.19. The number of hydrogen-bond acceptors (Lipinski definition) is 1. The van der Waals surface area contributed by atoms with E-state index in [1.165, 1.54) is 77.2 Å². The largest absolute Gasteiger partial charge is 0.296 e. The molecule has 0 bridgehead atoms. The lowest BCUT2D eigenvalue weighted by Gasteiger charge is -2.19. The summed E-state index contributed by atoms with van der Waals surface area (Å²) < 4.78 is 2.30. The standard InChI is InChI=1S/C53H38N2/c1-2-51-54-49-19-11-12-20-50(49)55(51)44-32-29-42(30-33-44)53-46-18-10-9-17-45(46)52(41-27-25-39(26-28-41)37-15-7-4-8-16-37)47-34-31-43(35-48(47)53)40-23-21-38(22-24-40)36-13-5-3-6-14-36/h3-35H,2H2,1H3. The van der Waals surface area contributed by atoms with Crippen LogP contribution in [0, 0.1) is 0 Å². The maximum atomic E-state index is 4.96. The topological polar surface area (TPSA) is 17.8 Å². The fourth-order valence-corrected chi connectivity index (χ4v) is 8.30.